The maximum Gasteiger partial charge on any atom is 0.139 e. The first kappa shape index (κ1) is 18.7. The predicted octanol–water partition coefficient (Wildman–Crippen LogP) is 3.79. The molecule has 28 heavy (non-hydrogen) atoms. The molecule has 0 amide bonds. The van der Waals surface area contributed by atoms with E-state index in [4.69, 9.17) is 0 Å². The van der Waals surface area contributed by atoms with Crippen molar-refractivity contribution in [2.45, 2.75) is 62.9 Å². The smallest absolute Gasteiger partial charge is 0.139 e. The summed E-state index contributed by atoms with van der Waals surface area (Å²) >= 11 is 0. The third-order valence-electron chi connectivity index (χ3n) is 8.48. The van der Waals surface area contributed by atoms with E-state index >= 15 is 0 Å². The molecule has 4 aliphatic carbocycles. The number of hydrogen-bond donors (Lipinski definition) is 2. The summed E-state index contributed by atoms with van der Waals surface area (Å²) in [6, 6.07) is 10.6. The Balaban J connectivity index is 1.48. The molecule has 5 aliphatic rings. The fourth-order valence-corrected chi connectivity index (χ4v) is 7.80. The van der Waals surface area contributed by atoms with Crippen LogP contribution in [0.3, 0.4) is 0 Å². The zero-order valence-corrected chi connectivity index (χ0v) is 16.6. The molecule has 0 radical (unpaired) electrons. The number of carbonyl (C=O) groups excluding carboxylic acids is 1. The van der Waals surface area contributed by atoms with Crippen LogP contribution in [0.2, 0.25) is 0 Å². The van der Waals surface area contributed by atoms with Gasteiger partial charge in [0.2, 0.25) is 0 Å². The van der Waals surface area contributed by atoms with Gasteiger partial charge in [-0.3, -0.25) is 9.18 Å². The van der Waals surface area contributed by atoms with Gasteiger partial charge in [0.05, 0.1) is 12.8 Å². The molecule has 4 bridgehead atoms. The minimum atomic E-state index is -0.440. The lowest BCUT2D eigenvalue weighted by Gasteiger charge is -2.66. The van der Waals surface area contributed by atoms with Crippen LogP contribution in [0.25, 0.3) is 0 Å². The number of aliphatic hydroxyl groups is 1. The molecule has 1 aromatic rings. The molecule has 2 N–H and O–H groups in total. The number of alkyl halides is 1. The number of rotatable bonds is 5. The molecule has 152 valence electrons. The lowest BCUT2D eigenvalue weighted by molar-refractivity contribution is -0.164. The average molecular weight is 386 g/mol. The quantitative estimate of drug-likeness (QED) is 0.811. The van der Waals surface area contributed by atoms with Crippen LogP contribution < -0.4 is 5.32 Å². The summed E-state index contributed by atoms with van der Waals surface area (Å²) in [5.41, 5.74) is 0.551. The van der Waals surface area contributed by atoms with Crippen molar-refractivity contribution in [2.24, 2.45) is 22.7 Å². The van der Waals surface area contributed by atoms with Crippen LogP contribution in [0.4, 0.5) is 4.39 Å². The van der Waals surface area contributed by atoms with Gasteiger partial charge in [-0.25, -0.2) is 0 Å². The maximum absolute atomic E-state index is 14.4. The highest BCUT2D eigenvalue weighted by Crippen LogP contribution is 2.70. The number of nitrogens with one attached hydrogen (secondary N) is 1. The van der Waals surface area contributed by atoms with Crippen molar-refractivity contribution in [1.29, 1.82) is 0 Å². The van der Waals surface area contributed by atoms with E-state index in [2.05, 4.69) is 29.6 Å². The van der Waals surface area contributed by atoms with Crippen LogP contribution in [0.1, 0.15) is 56.9 Å². The summed E-state index contributed by atoms with van der Waals surface area (Å²) in [6.07, 6.45) is 6.35. The number of piperidine rings is 1. The summed E-state index contributed by atoms with van der Waals surface area (Å²) in [5, 5.41) is 13.6. The van der Waals surface area contributed by atoms with Gasteiger partial charge in [0.15, 0.2) is 0 Å². The third-order valence-corrected chi connectivity index (χ3v) is 8.48. The molecule has 2 unspecified atom stereocenters. The molecule has 0 spiro atoms. The van der Waals surface area contributed by atoms with Gasteiger partial charge in [0, 0.05) is 23.8 Å². The number of benzene rings is 1. The molecule has 3 nitrogen and oxygen atoms in total. The van der Waals surface area contributed by atoms with Gasteiger partial charge in [0.25, 0.3) is 0 Å². The standard InChI is InChI=1S/C24H32FNO2/c25-16-22-9-17-10-23(13-22,19-4-2-1-3-5-19)15-24(11-17,14-22)21(28)8-18-6-7-26-12-20(18)27/h1-5,17-18,20,26-27H,6-16H2/t17?,18-,20+,22-,23+,24?/m0/s1. The molecule has 6 atom stereocenters. The summed E-state index contributed by atoms with van der Waals surface area (Å²) in [6.45, 7) is 1.14. The molecule has 0 aromatic heterocycles. The minimum absolute atomic E-state index is 0.0465. The molecular weight excluding hydrogens is 353 g/mol. The first-order valence-electron chi connectivity index (χ1n) is 11.0. The second-order valence-corrected chi connectivity index (χ2v) is 10.5. The molecule has 4 heteroatoms. The summed E-state index contributed by atoms with van der Waals surface area (Å²) in [5.74, 6) is 0.811. The van der Waals surface area contributed by atoms with Crippen molar-refractivity contribution in [3.05, 3.63) is 35.9 Å². The monoisotopic (exact) mass is 385 g/mol. The molecular formula is C24H32FNO2. The lowest BCUT2D eigenvalue weighted by Crippen LogP contribution is -2.61. The normalized spacial score (nSPS) is 44.6. The number of Topliss-reactive ketones (excluding diaryl/α,β-unsaturated/α-hetero) is 1. The molecule has 6 rings (SSSR count). The molecule has 1 saturated heterocycles. The number of aliphatic hydroxyl groups excluding tert-OH is 1. The van der Waals surface area contributed by atoms with Gasteiger partial charge < -0.3 is 10.4 Å². The number of β-amino-alcohol motifs (C(OH)–C–C–N with tert-alkyl or cyclic N) is 1. The molecule has 1 heterocycles. The lowest BCUT2D eigenvalue weighted by atomic mass is 9.38. The Labute approximate surface area is 167 Å². The minimum Gasteiger partial charge on any atom is -0.392 e. The van der Waals surface area contributed by atoms with E-state index in [1.807, 2.05) is 6.07 Å². The Kier molecular flexibility index (Phi) is 4.44. The Morgan fingerprint density at radius 2 is 1.96 bits per heavy atom. The highest BCUT2D eigenvalue weighted by atomic mass is 19.1. The number of halogens is 1. The zero-order chi connectivity index (χ0) is 19.4. The Morgan fingerprint density at radius 1 is 1.14 bits per heavy atom. The van der Waals surface area contributed by atoms with Crippen LogP contribution in [0, 0.1) is 22.7 Å². The van der Waals surface area contributed by atoms with Crippen molar-refractivity contribution >= 4 is 5.78 Å². The highest BCUT2D eigenvalue weighted by Gasteiger charge is 2.65. The molecule has 1 aliphatic heterocycles. The van der Waals surface area contributed by atoms with E-state index in [-0.39, 0.29) is 28.8 Å². The van der Waals surface area contributed by atoms with Gasteiger partial charge in [-0.2, -0.15) is 0 Å². The van der Waals surface area contributed by atoms with Crippen molar-refractivity contribution < 1.29 is 14.3 Å². The van der Waals surface area contributed by atoms with Crippen molar-refractivity contribution in [1.82, 2.24) is 5.32 Å². The topological polar surface area (TPSA) is 49.3 Å². The predicted molar refractivity (Wildman–Crippen MR) is 107 cm³/mol. The number of carbonyl (C=O) groups is 1. The van der Waals surface area contributed by atoms with Crippen LogP contribution in [0.15, 0.2) is 30.3 Å². The SMILES string of the molecule is O=C(C[C@@H]1CCNC[C@H]1O)C12CC3C[C@@](CF)(C1)C[C@](c1ccccc1)(C3)C2. The molecule has 5 fully saturated rings. The average Bonchev–Trinajstić information content (AvgIpc) is 2.69. The Hall–Kier alpha value is -1.26. The Morgan fingerprint density at radius 3 is 2.71 bits per heavy atom. The van der Waals surface area contributed by atoms with Crippen molar-refractivity contribution in [3.8, 4) is 0 Å². The van der Waals surface area contributed by atoms with Crippen LogP contribution >= 0.6 is 0 Å². The summed E-state index contributed by atoms with van der Waals surface area (Å²) in [4.78, 5) is 13.7. The van der Waals surface area contributed by atoms with Crippen molar-refractivity contribution in [2.75, 3.05) is 19.8 Å². The maximum atomic E-state index is 14.4. The zero-order valence-electron chi connectivity index (χ0n) is 16.6. The fraction of sp³-hybridized carbons (Fsp3) is 0.708. The van der Waals surface area contributed by atoms with E-state index in [1.165, 1.54) is 5.56 Å². The first-order chi connectivity index (χ1) is 13.5. The van der Waals surface area contributed by atoms with Gasteiger partial charge in [-0.05, 0) is 74.3 Å². The van der Waals surface area contributed by atoms with E-state index in [9.17, 15) is 14.3 Å². The Bertz CT molecular complexity index is 754. The van der Waals surface area contributed by atoms with Crippen LogP contribution in [-0.2, 0) is 10.2 Å². The highest BCUT2D eigenvalue weighted by molar-refractivity contribution is 5.86. The van der Waals surface area contributed by atoms with Gasteiger partial charge in [-0.1, -0.05) is 30.3 Å². The van der Waals surface area contributed by atoms with Gasteiger partial charge in [-0.15, -0.1) is 0 Å². The number of ketones is 1. The fourth-order valence-electron chi connectivity index (χ4n) is 7.80. The second kappa shape index (κ2) is 6.63. The molecule has 4 saturated carbocycles. The summed E-state index contributed by atoms with van der Waals surface area (Å²) < 4.78 is 14.4. The van der Waals surface area contributed by atoms with E-state index in [0.29, 0.717) is 24.7 Å². The third kappa shape index (κ3) is 2.87. The van der Waals surface area contributed by atoms with E-state index in [1.54, 1.807) is 0 Å². The molecule has 1 aromatic carbocycles. The van der Waals surface area contributed by atoms with E-state index < -0.39 is 6.10 Å². The second-order valence-electron chi connectivity index (χ2n) is 10.5. The van der Waals surface area contributed by atoms with Crippen LogP contribution in [-0.4, -0.2) is 36.8 Å². The van der Waals surface area contributed by atoms with Gasteiger partial charge in [0.1, 0.15) is 5.78 Å². The van der Waals surface area contributed by atoms with E-state index in [0.717, 1.165) is 51.5 Å². The number of hydrogen-bond acceptors (Lipinski definition) is 3. The summed E-state index contributed by atoms with van der Waals surface area (Å²) in [7, 11) is 0. The largest absolute Gasteiger partial charge is 0.392 e. The van der Waals surface area contributed by atoms with Crippen molar-refractivity contribution in [3.63, 3.8) is 0 Å². The van der Waals surface area contributed by atoms with Crippen LogP contribution in [0.5, 0.6) is 0 Å². The van der Waals surface area contributed by atoms with Gasteiger partial charge >= 0.3 is 0 Å². The first-order valence-corrected chi connectivity index (χ1v) is 11.0.